The number of hydrogen-bond donors (Lipinski definition) is 1. The first-order chi connectivity index (χ1) is 7.29. The molecule has 0 aromatic rings. The Morgan fingerprint density at radius 1 is 0.867 bits per heavy atom. The molecule has 2 saturated heterocycles. The zero-order valence-electron chi connectivity index (χ0n) is 10.3. The van der Waals surface area contributed by atoms with Crippen LogP contribution in [0.15, 0.2) is 0 Å². The van der Waals surface area contributed by atoms with Gasteiger partial charge < -0.3 is 5.32 Å². The summed E-state index contributed by atoms with van der Waals surface area (Å²) in [7, 11) is 0. The Morgan fingerprint density at radius 2 is 1.60 bits per heavy atom. The minimum atomic E-state index is 0.817. The summed E-state index contributed by atoms with van der Waals surface area (Å²) in [5, 5.41) is 3.52. The van der Waals surface area contributed by atoms with E-state index in [9.17, 15) is 0 Å². The Kier molecular flexibility index (Phi) is 4.04. The molecule has 0 bridgehead atoms. The number of piperidine rings is 1. The van der Waals surface area contributed by atoms with Crippen molar-refractivity contribution in [1.29, 1.82) is 0 Å². The molecule has 1 N–H and O–H groups in total. The van der Waals surface area contributed by atoms with Crippen LogP contribution >= 0.6 is 0 Å². The topological polar surface area (TPSA) is 15.3 Å². The van der Waals surface area contributed by atoms with Crippen molar-refractivity contribution in [3.8, 4) is 0 Å². The van der Waals surface area contributed by atoms with Gasteiger partial charge in [0.05, 0.1) is 0 Å². The van der Waals surface area contributed by atoms with Gasteiger partial charge in [0.1, 0.15) is 0 Å². The zero-order valence-corrected chi connectivity index (χ0v) is 10.3. The molecule has 2 heterocycles. The van der Waals surface area contributed by atoms with Gasteiger partial charge >= 0.3 is 0 Å². The second kappa shape index (κ2) is 5.31. The largest absolute Gasteiger partial charge is 0.317 e. The molecule has 2 nitrogen and oxygen atoms in total. The molecule has 2 aliphatic heterocycles. The Hall–Kier alpha value is -0.0800. The molecule has 3 atom stereocenters. The first kappa shape index (κ1) is 11.4. The summed E-state index contributed by atoms with van der Waals surface area (Å²) in [6.07, 6.45) is 8.38. The van der Waals surface area contributed by atoms with Gasteiger partial charge in [0, 0.05) is 18.1 Å². The maximum atomic E-state index is 3.52. The number of likely N-dealkylation sites (tertiary alicyclic amines) is 1. The number of rotatable bonds is 1. The molecule has 0 saturated carbocycles. The van der Waals surface area contributed by atoms with Crippen molar-refractivity contribution in [3.63, 3.8) is 0 Å². The van der Waals surface area contributed by atoms with Crippen molar-refractivity contribution in [3.05, 3.63) is 0 Å². The normalized spacial score (nSPS) is 40.0. The summed E-state index contributed by atoms with van der Waals surface area (Å²) in [5.74, 6) is 0. The fraction of sp³-hybridized carbons (Fsp3) is 1.00. The lowest BCUT2D eigenvalue weighted by molar-refractivity contribution is 0.0491. The van der Waals surface area contributed by atoms with Crippen molar-refractivity contribution >= 4 is 0 Å². The zero-order chi connectivity index (χ0) is 10.7. The highest BCUT2D eigenvalue weighted by Gasteiger charge is 2.30. The molecule has 0 aliphatic carbocycles. The highest BCUT2D eigenvalue weighted by Crippen LogP contribution is 2.28. The van der Waals surface area contributed by atoms with Crippen LogP contribution in [-0.2, 0) is 0 Å². The van der Waals surface area contributed by atoms with E-state index in [1.165, 1.54) is 51.6 Å². The van der Waals surface area contributed by atoms with Crippen LogP contribution in [0.4, 0.5) is 0 Å². The predicted molar refractivity (Wildman–Crippen MR) is 65.1 cm³/mol. The van der Waals surface area contributed by atoms with Gasteiger partial charge in [-0.2, -0.15) is 0 Å². The van der Waals surface area contributed by atoms with Crippen LogP contribution in [-0.4, -0.2) is 36.1 Å². The van der Waals surface area contributed by atoms with Crippen molar-refractivity contribution < 1.29 is 0 Å². The van der Waals surface area contributed by atoms with Crippen molar-refractivity contribution in [1.82, 2.24) is 10.2 Å². The molecule has 88 valence electrons. The third kappa shape index (κ3) is 2.73. The maximum absolute atomic E-state index is 3.52. The van der Waals surface area contributed by atoms with Gasteiger partial charge in [-0.05, 0) is 59.0 Å². The Bertz CT molecular complexity index is 175. The first-order valence-electron chi connectivity index (χ1n) is 6.77. The molecule has 0 aromatic carbocycles. The van der Waals surface area contributed by atoms with E-state index in [-0.39, 0.29) is 0 Å². The van der Waals surface area contributed by atoms with E-state index >= 15 is 0 Å². The molecule has 2 rings (SSSR count). The molecule has 0 spiro atoms. The lowest BCUT2D eigenvalue weighted by Gasteiger charge is -2.44. The van der Waals surface area contributed by atoms with Crippen LogP contribution in [0.5, 0.6) is 0 Å². The number of hydrogen-bond acceptors (Lipinski definition) is 2. The second-order valence-corrected chi connectivity index (χ2v) is 5.41. The molecule has 2 aliphatic rings. The smallest absolute Gasteiger partial charge is 0.0113 e. The molecular formula is C13H26N2. The van der Waals surface area contributed by atoms with Gasteiger partial charge in [0.15, 0.2) is 0 Å². The highest BCUT2D eigenvalue weighted by atomic mass is 15.2. The molecule has 1 unspecified atom stereocenters. The van der Waals surface area contributed by atoms with Gasteiger partial charge in [-0.1, -0.05) is 6.42 Å². The van der Waals surface area contributed by atoms with E-state index in [1.54, 1.807) is 0 Å². The minimum absolute atomic E-state index is 0.817. The Labute approximate surface area is 94.4 Å². The quantitative estimate of drug-likeness (QED) is 0.715. The minimum Gasteiger partial charge on any atom is -0.317 e. The van der Waals surface area contributed by atoms with Gasteiger partial charge in [-0.25, -0.2) is 0 Å². The standard InChI is InChI=1S/C13H26N2/c1-11-5-3-6-12(2)15(11)13-7-4-9-14-10-8-13/h11-14H,3-10H2,1-2H3/t11-,12+,13?. The predicted octanol–water partition coefficient (Wildman–Crippen LogP) is 2.39. The number of nitrogens with zero attached hydrogens (tertiary/aromatic N) is 1. The molecule has 0 aromatic heterocycles. The van der Waals surface area contributed by atoms with Gasteiger partial charge in [-0.15, -0.1) is 0 Å². The SMILES string of the molecule is C[C@@H]1CCC[C@H](C)N1C1CCCNCC1. The van der Waals surface area contributed by atoms with Crippen LogP contribution in [0.1, 0.15) is 52.4 Å². The fourth-order valence-corrected chi connectivity index (χ4v) is 3.46. The van der Waals surface area contributed by atoms with Gasteiger partial charge in [0.25, 0.3) is 0 Å². The lowest BCUT2D eigenvalue weighted by Crippen LogP contribution is -2.50. The average molecular weight is 210 g/mol. The molecule has 2 heteroatoms. The van der Waals surface area contributed by atoms with Crippen LogP contribution in [0.2, 0.25) is 0 Å². The van der Waals surface area contributed by atoms with E-state index in [1.807, 2.05) is 0 Å². The Balaban J connectivity index is 1.98. The molecule has 2 fully saturated rings. The molecule has 15 heavy (non-hydrogen) atoms. The molecule has 0 radical (unpaired) electrons. The summed E-state index contributed by atoms with van der Waals surface area (Å²) < 4.78 is 0. The monoisotopic (exact) mass is 210 g/mol. The van der Waals surface area contributed by atoms with E-state index in [2.05, 4.69) is 24.1 Å². The van der Waals surface area contributed by atoms with E-state index in [4.69, 9.17) is 0 Å². The second-order valence-electron chi connectivity index (χ2n) is 5.41. The van der Waals surface area contributed by atoms with Crippen LogP contribution in [0.25, 0.3) is 0 Å². The van der Waals surface area contributed by atoms with E-state index in [0.29, 0.717) is 0 Å². The van der Waals surface area contributed by atoms with E-state index in [0.717, 1.165) is 18.1 Å². The maximum Gasteiger partial charge on any atom is 0.0113 e. The van der Waals surface area contributed by atoms with Crippen molar-refractivity contribution in [2.75, 3.05) is 13.1 Å². The summed E-state index contributed by atoms with van der Waals surface area (Å²) in [6, 6.07) is 2.49. The molecule has 0 amide bonds. The van der Waals surface area contributed by atoms with E-state index < -0.39 is 0 Å². The number of nitrogens with one attached hydrogen (secondary N) is 1. The third-order valence-corrected chi connectivity index (χ3v) is 4.23. The third-order valence-electron chi connectivity index (χ3n) is 4.23. The van der Waals surface area contributed by atoms with Crippen LogP contribution < -0.4 is 5.32 Å². The average Bonchev–Trinajstić information content (AvgIpc) is 2.46. The van der Waals surface area contributed by atoms with Crippen LogP contribution in [0, 0.1) is 0 Å². The summed E-state index contributed by atoms with van der Waals surface area (Å²) in [5.41, 5.74) is 0. The highest BCUT2D eigenvalue weighted by molar-refractivity contribution is 4.86. The lowest BCUT2D eigenvalue weighted by atomic mass is 9.93. The molecular weight excluding hydrogens is 184 g/mol. The van der Waals surface area contributed by atoms with Gasteiger partial charge in [-0.3, -0.25) is 4.90 Å². The van der Waals surface area contributed by atoms with Crippen molar-refractivity contribution in [2.24, 2.45) is 0 Å². The van der Waals surface area contributed by atoms with Gasteiger partial charge in [0.2, 0.25) is 0 Å². The van der Waals surface area contributed by atoms with Crippen LogP contribution in [0.3, 0.4) is 0 Å². The first-order valence-corrected chi connectivity index (χ1v) is 6.77. The fourth-order valence-electron chi connectivity index (χ4n) is 3.46. The summed E-state index contributed by atoms with van der Waals surface area (Å²) in [4.78, 5) is 2.82. The van der Waals surface area contributed by atoms with Crippen molar-refractivity contribution in [2.45, 2.75) is 70.5 Å². The summed E-state index contributed by atoms with van der Waals surface area (Å²) in [6.45, 7) is 7.30. The Morgan fingerprint density at radius 3 is 2.33 bits per heavy atom. The summed E-state index contributed by atoms with van der Waals surface area (Å²) >= 11 is 0.